The second kappa shape index (κ2) is 13.2. The van der Waals surface area contributed by atoms with Crippen LogP contribution in [0.4, 0.5) is 0 Å². The minimum atomic E-state index is -1.15. The van der Waals surface area contributed by atoms with E-state index < -0.39 is 17.4 Å². The number of carbonyl (C=O) groups excluding carboxylic acids is 2. The summed E-state index contributed by atoms with van der Waals surface area (Å²) >= 11 is 6.23. The van der Waals surface area contributed by atoms with Gasteiger partial charge in [0.15, 0.2) is 0 Å². The Labute approximate surface area is 312 Å². The molecule has 51 heavy (non-hydrogen) atoms. The largest absolute Gasteiger partial charge is 0.481 e. The van der Waals surface area contributed by atoms with Crippen molar-refractivity contribution in [1.82, 2.24) is 5.32 Å². The number of hydrogen-bond donors (Lipinski definition) is 2. The molecule has 6 rings (SSSR count). The molecule has 1 amide bonds. The number of aliphatic carboxylic acids is 1. The van der Waals surface area contributed by atoms with Gasteiger partial charge in [0, 0.05) is 23.4 Å². The number of carbonyl (C=O) groups is 3. The highest BCUT2D eigenvalue weighted by Gasteiger charge is 2.71. The molecule has 1 aromatic carbocycles. The molecule has 5 aliphatic rings. The van der Waals surface area contributed by atoms with Gasteiger partial charge in [-0.05, 0) is 154 Å². The number of hydrogen-bond acceptors (Lipinski definition) is 4. The Morgan fingerprint density at radius 3 is 2.33 bits per heavy atom. The van der Waals surface area contributed by atoms with Crippen LogP contribution in [0.1, 0.15) is 138 Å². The SMILES string of the molecule is C=C(C)[C@@H]1CC[C@]2(CC(=O)NCc3cccc(Cl)c3)CC[C@]3(C)[C@H](CC[C@@H]4[C@@]5(C)CC[C@H](OC(=O)CC(C)(C)C(=O)O)C(C)(C)[C@@H]5CC[C@]43C)[C@@H]12. The van der Waals surface area contributed by atoms with Crippen molar-refractivity contribution in [1.29, 1.82) is 0 Å². The van der Waals surface area contributed by atoms with Gasteiger partial charge in [-0.2, -0.15) is 0 Å². The molecular weight excluding hydrogens is 658 g/mol. The first-order chi connectivity index (χ1) is 23.7. The molecule has 5 fully saturated rings. The molecule has 6 nitrogen and oxygen atoms in total. The van der Waals surface area contributed by atoms with E-state index in [2.05, 4.69) is 53.4 Å². The third-order valence-corrected chi connectivity index (χ3v) is 16.7. The van der Waals surface area contributed by atoms with E-state index >= 15 is 0 Å². The highest BCUT2D eigenvalue weighted by atomic mass is 35.5. The van der Waals surface area contributed by atoms with Gasteiger partial charge in [0.1, 0.15) is 6.10 Å². The summed E-state index contributed by atoms with van der Waals surface area (Å²) in [6.07, 6.45) is 11.3. The smallest absolute Gasteiger partial charge is 0.309 e. The molecule has 10 atom stereocenters. The first kappa shape index (κ1) is 38.4. The standard InChI is InChI=1S/C44H64ClNO5/c1-27(2)30-15-20-44(24-35(47)46-26-28-11-10-12-29(45)23-28)22-21-42(8)31(37(30)44)13-14-33-41(7)18-17-34(51-36(48)25-39(3,4)38(49)50)40(5,6)32(41)16-19-43(33,42)9/h10-12,23,30-34,37H,1,13-22,24-26H2,2-9H3,(H,46,47)(H,49,50)/t30-,31+,32-,33+,34-,37+,41-,42+,43+,44+/m0/s1. The van der Waals surface area contributed by atoms with Gasteiger partial charge in [0.05, 0.1) is 11.8 Å². The summed E-state index contributed by atoms with van der Waals surface area (Å²) in [5.41, 5.74) is 1.45. The van der Waals surface area contributed by atoms with Crippen molar-refractivity contribution in [3.8, 4) is 0 Å². The Bertz CT molecular complexity index is 1570. The first-order valence-corrected chi connectivity index (χ1v) is 20.2. The molecule has 0 bridgehead atoms. The molecule has 5 aliphatic carbocycles. The van der Waals surface area contributed by atoms with Crippen LogP contribution in [0.2, 0.25) is 5.02 Å². The van der Waals surface area contributed by atoms with Crippen LogP contribution in [0.15, 0.2) is 36.4 Å². The number of ether oxygens (including phenoxy) is 1. The average Bonchev–Trinajstić information content (AvgIpc) is 3.41. The van der Waals surface area contributed by atoms with Gasteiger partial charge < -0.3 is 15.2 Å². The Morgan fingerprint density at radius 2 is 1.67 bits per heavy atom. The first-order valence-electron chi connectivity index (χ1n) is 19.8. The monoisotopic (exact) mass is 721 g/mol. The summed E-state index contributed by atoms with van der Waals surface area (Å²) in [6, 6.07) is 7.75. The Balaban J connectivity index is 1.22. The Kier molecular flexibility index (Phi) is 9.94. The van der Waals surface area contributed by atoms with Gasteiger partial charge in [0.25, 0.3) is 0 Å². The van der Waals surface area contributed by atoms with Gasteiger partial charge in [-0.15, -0.1) is 0 Å². The predicted molar refractivity (Wildman–Crippen MR) is 203 cm³/mol. The maximum absolute atomic E-state index is 13.7. The quantitative estimate of drug-likeness (QED) is 0.196. The van der Waals surface area contributed by atoms with E-state index in [1.807, 2.05) is 24.3 Å². The van der Waals surface area contributed by atoms with Crippen LogP contribution in [0, 0.1) is 62.1 Å². The van der Waals surface area contributed by atoms with Crippen LogP contribution in [-0.4, -0.2) is 29.1 Å². The third-order valence-electron chi connectivity index (χ3n) is 16.5. The summed E-state index contributed by atoms with van der Waals surface area (Å²) < 4.78 is 6.18. The number of fused-ring (bicyclic) bond motifs is 7. The van der Waals surface area contributed by atoms with Gasteiger partial charge in [-0.25, -0.2) is 0 Å². The number of benzene rings is 1. The van der Waals surface area contributed by atoms with E-state index in [-0.39, 0.29) is 45.5 Å². The average molecular weight is 722 g/mol. The second-order valence-corrected chi connectivity index (χ2v) is 20.3. The maximum atomic E-state index is 13.7. The molecule has 0 radical (unpaired) electrons. The molecule has 0 aliphatic heterocycles. The lowest BCUT2D eigenvalue weighted by Crippen LogP contribution is -2.67. The number of nitrogens with one attached hydrogen (secondary N) is 1. The number of esters is 1. The van der Waals surface area contributed by atoms with Crippen LogP contribution >= 0.6 is 11.6 Å². The van der Waals surface area contributed by atoms with Gasteiger partial charge in [-0.3, -0.25) is 14.4 Å². The number of halogens is 1. The van der Waals surface area contributed by atoms with Crippen molar-refractivity contribution in [3.63, 3.8) is 0 Å². The van der Waals surface area contributed by atoms with Crippen molar-refractivity contribution < 1.29 is 24.2 Å². The molecule has 5 saturated carbocycles. The highest BCUT2D eigenvalue weighted by molar-refractivity contribution is 6.30. The molecule has 282 valence electrons. The predicted octanol–water partition coefficient (Wildman–Crippen LogP) is 10.4. The van der Waals surface area contributed by atoms with Crippen LogP contribution < -0.4 is 5.32 Å². The van der Waals surface area contributed by atoms with Crippen molar-refractivity contribution >= 4 is 29.4 Å². The fourth-order valence-corrected chi connectivity index (χ4v) is 13.9. The molecule has 7 heteroatoms. The van der Waals surface area contributed by atoms with E-state index in [0.29, 0.717) is 47.6 Å². The van der Waals surface area contributed by atoms with Crippen LogP contribution in [0.25, 0.3) is 0 Å². The fraction of sp³-hybridized carbons (Fsp3) is 0.750. The van der Waals surface area contributed by atoms with E-state index in [4.69, 9.17) is 16.3 Å². The fourth-order valence-electron chi connectivity index (χ4n) is 13.6. The van der Waals surface area contributed by atoms with Gasteiger partial charge in [-0.1, -0.05) is 70.5 Å². The lowest BCUT2D eigenvalue weighted by molar-refractivity contribution is -0.250. The lowest BCUT2D eigenvalue weighted by Gasteiger charge is -2.73. The maximum Gasteiger partial charge on any atom is 0.309 e. The Hall–Kier alpha value is -2.34. The highest BCUT2D eigenvalue weighted by Crippen LogP contribution is 2.78. The van der Waals surface area contributed by atoms with Gasteiger partial charge >= 0.3 is 11.9 Å². The molecule has 0 heterocycles. The molecule has 1 aromatic rings. The number of carboxylic acids is 1. The second-order valence-electron chi connectivity index (χ2n) is 19.8. The number of carboxylic acid groups (broad SMARTS) is 1. The van der Waals surface area contributed by atoms with Crippen molar-refractivity contribution in [2.75, 3.05) is 0 Å². The summed E-state index contributed by atoms with van der Waals surface area (Å²) in [6.45, 7) is 22.9. The van der Waals surface area contributed by atoms with E-state index in [1.165, 1.54) is 24.8 Å². The zero-order chi connectivity index (χ0) is 37.4. The van der Waals surface area contributed by atoms with Crippen LogP contribution in [-0.2, 0) is 25.7 Å². The number of amides is 1. The van der Waals surface area contributed by atoms with E-state index in [1.54, 1.807) is 13.8 Å². The summed E-state index contributed by atoms with van der Waals surface area (Å²) in [7, 11) is 0. The summed E-state index contributed by atoms with van der Waals surface area (Å²) in [4.78, 5) is 38.6. The van der Waals surface area contributed by atoms with E-state index in [0.717, 1.165) is 50.5 Å². The van der Waals surface area contributed by atoms with E-state index in [9.17, 15) is 19.5 Å². The molecule has 2 N–H and O–H groups in total. The minimum absolute atomic E-state index is 0.00957. The van der Waals surface area contributed by atoms with Crippen molar-refractivity contribution in [2.45, 2.75) is 145 Å². The number of allylic oxidation sites excluding steroid dienone is 1. The Morgan fingerprint density at radius 1 is 0.941 bits per heavy atom. The molecule has 0 spiro atoms. The zero-order valence-corrected chi connectivity index (χ0v) is 33.4. The van der Waals surface area contributed by atoms with Crippen molar-refractivity contribution in [3.05, 3.63) is 47.0 Å². The summed E-state index contributed by atoms with van der Waals surface area (Å²) in [5.74, 6) is 1.26. The lowest BCUT2D eigenvalue weighted by atomic mass is 9.32. The molecule has 0 aromatic heterocycles. The minimum Gasteiger partial charge on any atom is -0.481 e. The molecule has 0 unspecified atom stereocenters. The zero-order valence-electron chi connectivity index (χ0n) is 32.6. The molecular formula is C44H64ClNO5. The van der Waals surface area contributed by atoms with Crippen LogP contribution in [0.3, 0.4) is 0 Å². The van der Waals surface area contributed by atoms with Crippen molar-refractivity contribution in [2.24, 2.45) is 62.1 Å². The normalized spacial score (nSPS) is 39.8. The third kappa shape index (κ3) is 6.29. The summed E-state index contributed by atoms with van der Waals surface area (Å²) in [5, 5.41) is 13.6. The number of rotatable bonds is 9. The van der Waals surface area contributed by atoms with Gasteiger partial charge in [0.2, 0.25) is 5.91 Å². The topological polar surface area (TPSA) is 92.7 Å². The molecule has 0 saturated heterocycles. The van der Waals surface area contributed by atoms with Crippen LogP contribution in [0.5, 0.6) is 0 Å².